The van der Waals surface area contributed by atoms with Crippen LogP contribution in [-0.4, -0.2) is 13.1 Å². The van der Waals surface area contributed by atoms with Crippen molar-refractivity contribution in [2.24, 2.45) is 11.3 Å². The first-order valence-corrected chi connectivity index (χ1v) is 18.2. The monoisotopic (exact) mass is 616 g/mol. The predicted molar refractivity (Wildman–Crippen MR) is 191 cm³/mol. The van der Waals surface area contributed by atoms with E-state index < -0.39 is 0 Å². The Bertz CT molecular complexity index is 2590. The van der Waals surface area contributed by atoms with Crippen LogP contribution in [0, 0.1) is 11.3 Å². The molecule has 2 heteroatoms. The number of benzene rings is 3. The van der Waals surface area contributed by atoms with Crippen molar-refractivity contribution < 1.29 is 9.53 Å². The highest BCUT2D eigenvalue weighted by atomic mass is 16.5. The van der Waals surface area contributed by atoms with Gasteiger partial charge in [0.25, 0.3) is 0 Å². The first-order chi connectivity index (χ1) is 23.6. The van der Waals surface area contributed by atoms with Gasteiger partial charge in [0.2, 0.25) is 0 Å². The van der Waals surface area contributed by atoms with Crippen LogP contribution in [0.2, 0.25) is 0 Å². The molecule has 11 aliphatic rings. The topological polar surface area (TPSA) is 26.3 Å². The van der Waals surface area contributed by atoms with E-state index in [1.54, 1.807) is 94.3 Å². The molecule has 0 aliphatic heterocycles. The Hall–Kier alpha value is -4.69. The summed E-state index contributed by atoms with van der Waals surface area (Å²) in [6.45, 7) is 0. The number of methoxy groups -OCH3 is 1. The third kappa shape index (κ3) is 2.04. The maximum atomic E-state index is 12.6. The van der Waals surface area contributed by atoms with Crippen LogP contribution in [0.5, 0.6) is 0 Å². The highest BCUT2D eigenvalue weighted by Crippen LogP contribution is 2.93. The zero-order chi connectivity index (χ0) is 31.1. The Labute approximate surface area is 279 Å². The Kier molecular flexibility index (Phi) is 3.66. The van der Waals surface area contributed by atoms with Gasteiger partial charge in [-0.2, -0.15) is 0 Å². The first kappa shape index (κ1) is 24.5. The summed E-state index contributed by atoms with van der Waals surface area (Å²) in [5.74, 6) is 0.796. The van der Waals surface area contributed by atoms with Crippen LogP contribution in [-0.2, 0) is 20.4 Å². The number of carbonyl (C=O) groups is 1. The van der Waals surface area contributed by atoms with Crippen LogP contribution >= 0.6 is 0 Å². The maximum absolute atomic E-state index is 12.6. The second-order valence-corrected chi connectivity index (χ2v) is 16.3. The van der Waals surface area contributed by atoms with Crippen molar-refractivity contribution >= 4 is 50.2 Å². The minimum absolute atomic E-state index is 0.0994. The summed E-state index contributed by atoms with van der Waals surface area (Å²) >= 11 is 0. The standard InChI is InChI=1S/C46H32O2/c1-48-30(47)8-5-16-45(29-6-3-2-4-7-29)44-17-15-23-11-14-25-18-24-12-9-22-10-13-26-19-27-20-28(21-44)36-35(27)38-32(26)31(22)37-33(24)34(25)40-41(39(37)38)43(36)46(44,45)42(23)40/h2-4,6-7,10,12-15,17,19,21,26,32H,5,8-9,11,16,18,20H2,1H3. The van der Waals surface area contributed by atoms with Gasteiger partial charge < -0.3 is 4.74 Å². The van der Waals surface area contributed by atoms with Crippen molar-refractivity contribution in [1.82, 2.24) is 0 Å². The van der Waals surface area contributed by atoms with E-state index in [2.05, 4.69) is 78.9 Å². The number of carbonyl (C=O) groups excluding carboxylic acids is 1. The zero-order valence-corrected chi connectivity index (χ0v) is 26.9. The SMILES string of the molecule is COC(=O)CCCC1(c2ccccc2)C23C=CC4=C5c6c7c8c9c%10c%11c%12c(c(c6%10)C521)C(=C3)CC%12=CC1C=CC(=C9C%111)CC=C8CC7=CC4. The quantitative estimate of drug-likeness (QED) is 0.267. The molecule has 1 saturated carbocycles. The van der Waals surface area contributed by atoms with E-state index in [0.29, 0.717) is 18.3 Å². The lowest BCUT2D eigenvalue weighted by atomic mass is 9.68. The summed E-state index contributed by atoms with van der Waals surface area (Å²) in [4.78, 5) is 12.6. The summed E-state index contributed by atoms with van der Waals surface area (Å²) < 4.78 is 5.20. The summed E-state index contributed by atoms with van der Waals surface area (Å²) in [5, 5.41) is 3.25. The van der Waals surface area contributed by atoms with Crippen molar-refractivity contribution in [2.45, 2.75) is 61.7 Å². The van der Waals surface area contributed by atoms with E-state index in [1.165, 1.54) is 18.2 Å². The Balaban J connectivity index is 1.22. The molecule has 0 radical (unpaired) electrons. The zero-order valence-electron chi connectivity index (χ0n) is 26.9. The highest BCUT2D eigenvalue weighted by molar-refractivity contribution is 6.28. The lowest BCUT2D eigenvalue weighted by Crippen LogP contribution is -2.25. The molecule has 1 fully saturated rings. The molecule has 0 heterocycles. The van der Waals surface area contributed by atoms with Gasteiger partial charge in [-0.15, -0.1) is 0 Å². The molecule has 0 amide bonds. The Morgan fingerprint density at radius 3 is 2.52 bits per heavy atom. The van der Waals surface area contributed by atoms with Gasteiger partial charge in [0.05, 0.1) is 7.11 Å². The summed E-state index contributed by atoms with van der Waals surface area (Å²) in [7, 11) is 1.53. The number of ether oxygens (including phenoxy) is 1. The Morgan fingerprint density at radius 2 is 1.67 bits per heavy atom. The molecule has 3 aromatic carbocycles. The molecule has 0 N–H and O–H groups in total. The second kappa shape index (κ2) is 7.18. The number of allylic oxidation sites excluding steroid dienone is 16. The maximum Gasteiger partial charge on any atom is 0.305 e. The number of hydrogen-bond acceptors (Lipinski definition) is 2. The van der Waals surface area contributed by atoms with Gasteiger partial charge in [0, 0.05) is 34.5 Å². The average Bonchev–Trinajstić information content (AvgIpc) is 3.49. The Morgan fingerprint density at radius 1 is 0.854 bits per heavy atom. The highest BCUT2D eigenvalue weighted by Gasteiger charge is 2.90. The molecule has 5 atom stereocenters. The van der Waals surface area contributed by atoms with E-state index in [9.17, 15) is 4.79 Å². The van der Waals surface area contributed by atoms with Crippen molar-refractivity contribution in [1.29, 1.82) is 0 Å². The van der Waals surface area contributed by atoms with Crippen LogP contribution in [0.15, 0.2) is 90.1 Å². The normalized spacial score (nSPS) is 33.5. The van der Waals surface area contributed by atoms with Gasteiger partial charge in [-0.25, -0.2) is 0 Å². The largest absolute Gasteiger partial charge is 0.469 e. The third-order valence-electron chi connectivity index (χ3n) is 15.1. The van der Waals surface area contributed by atoms with E-state index in [1.807, 2.05) is 0 Å². The summed E-state index contributed by atoms with van der Waals surface area (Å²) in [6, 6.07) is 11.5. The second-order valence-electron chi connectivity index (χ2n) is 16.3. The molecule has 11 aliphatic carbocycles. The summed E-state index contributed by atoms with van der Waals surface area (Å²) in [6.07, 6.45) is 27.3. The van der Waals surface area contributed by atoms with Crippen LogP contribution in [0.1, 0.15) is 101 Å². The molecular weight excluding hydrogens is 585 g/mol. The average molecular weight is 617 g/mol. The number of esters is 1. The molecule has 2 nitrogen and oxygen atoms in total. The van der Waals surface area contributed by atoms with Crippen LogP contribution in [0.3, 0.4) is 0 Å². The van der Waals surface area contributed by atoms with Crippen molar-refractivity contribution in [3.8, 4) is 0 Å². The number of rotatable bonds is 5. The van der Waals surface area contributed by atoms with E-state index in [-0.39, 0.29) is 22.2 Å². The minimum atomic E-state index is -0.170. The molecule has 0 bridgehead atoms. The minimum Gasteiger partial charge on any atom is -0.469 e. The van der Waals surface area contributed by atoms with Gasteiger partial charge in [0.1, 0.15) is 0 Å². The van der Waals surface area contributed by atoms with Gasteiger partial charge >= 0.3 is 5.97 Å². The van der Waals surface area contributed by atoms with E-state index in [4.69, 9.17) is 4.74 Å². The summed E-state index contributed by atoms with van der Waals surface area (Å²) in [5.41, 5.74) is 26.6. The lowest BCUT2D eigenvalue weighted by molar-refractivity contribution is -0.140. The van der Waals surface area contributed by atoms with Gasteiger partial charge in [-0.1, -0.05) is 78.9 Å². The van der Waals surface area contributed by atoms with E-state index >= 15 is 0 Å². The molecule has 5 unspecified atom stereocenters. The molecule has 228 valence electrons. The van der Waals surface area contributed by atoms with Gasteiger partial charge in [-0.05, 0) is 144 Å². The predicted octanol–water partition coefficient (Wildman–Crippen LogP) is 9.91. The van der Waals surface area contributed by atoms with Gasteiger partial charge in [-0.3, -0.25) is 4.79 Å². The van der Waals surface area contributed by atoms with Crippen molar-refractivity contribution in [3.05, 3.63) is 140 Å². The van der Waals surface area contributed by atoms with Crippen molar-refractivity contribution in [3.63, 3.8) is 0 Å². The molecule has 1 spiro atoms. The third-order valence-corrected chi connectivity index (χ3v) is 15.1. The molecule has 14 rings (SSSR count). The lowest BCUT2D eigenvalue weighted by Gasteiger charge is -2.34. The fourth-order valence-corrected chi connectivity index (χ4v) is 14.0. The van der Waals surface area contributed by atoms with Crippen LogP contribution in [0.4, 0.5) is 0 Å². The molecule has 3 aromatic rings. The molecule has 0 saturated heterocycles. The fraction of sp³-hybridized carbons (Fsp3) is 0.283. The molecule has 48 heavy (non-hydrogen) atoms. The van der Waals surface area contributed by atoms with E-state index in [0.717, 1.165) is 38.5 Å². The first-order valence-electron chi connectivity index (χ1n) is 18.2. The number of hydrogen-bond donors (Lipinski definition) is 0. The van der Waals surface area contributed by atoms with Gasteiger partial charge in [0.15, 0.2) is 0 Å². The van der Waals surface area contributed by atoms with Crippen molar-refractivity contribution in [2.75, 3.05) is 7.11 Å². The van der Waals surface area contributed by atoms with Crippen LogP contribution < -0.4 is 0 Å². The smallest absolute Gasteiger partial charge is 0.305 e. The molecule has 0 aromatic heterocycles. The fourth-order valence-electron chi connectivity index (χ4n) is 14.0. The van der Waals surface area contributed by atoms with Crippen LogP contribution in [0.25, 0.3) is 44.2 Å². The molecular formula is C46H32O2.